The zero-order valence-electron chi connectivity index (χ0n) is 28.1. The summed E-state index contributed by atoms with van der Waals surface area (Å²) < 4.78 is 39.6. The third-order valence-electron chi connectivity index (χ3n) is 8.72. The number of carbonyl (C=O) groups is 2. The average Bonchev–Trinajstić information content (AvgIpc) is 3.17. The predicted octanol–water partition coefficient (Wildman–Crippen LogP) is 8.80. The summed E-state index contributed by atoms with van der Waals surface area (Å²) in [6, 6.07) is 9.32. The van der Waals surface area contributed by atoms with Crippen LogP contribution in [0.4, 0.5) is 24.5 Å². The largest absolute Gasteiger partial charge is 0.416 e. The fraction of sp³-hybridized carbons (Fsp3) is 0.421. The van der Waals surface area contributed by atoms with E-state index >= 15 is 0 Å². The van der Waals surface area contributed by atoms with Crippen molar-refractivity contribution in [2.75, 3.05) is 36.8 Å². The van der Waals surface area contributed by atoms with Gasteiger partial charge in [-0.1, -0.05) is 63.1 Å². The van der Waals surface area contributed by atoms with Gasteiger partial charge in [0.15, 0.2) is 0 Å². The van der Waals surface area contributed by atoms with Gasteiger partial charge in [0.1, 0.15) is 0 Å². The third kappa shape index (κ3) is 9.70. The molecule has 252 valence electrons. The molecule has 0 bridgehead atoms. The van der Waals surface area contributed by atoms with Crippen LogP contribution in [0.1, 0.15) is 81.3 Å². The number of aryl methyl sites for hydroxylation is 1. The van der Waals surface area contributed by atoms with Crippen molar-refractivity contribution in [1.82, 2.24) is 10.2 Å². The molecule has 0 radical (unpaired) electrons. The van der Waals surface area contributed by atoms with Gasteiger partial charge in [-0.25, -0.2) is 0 Å². The number of allylic oxidation sites excluding steroid dienone is 6. The zero-order chi connectivity index (χ0) is 34.1. The maximum absolute atomic E-state index is 14.1. The monoisotopic (exact) mass is 648 g/mol. The number of carbonyl (C=O) groups excluding carboxylic acids is 2. The highest BCUT2D eigenvalue weighted by molar-refractivity contribution is 6.08. The number of likely N-dealkylation sites (tertiary alicyclic amines) is 1. The molecular formula is C38H47F3N4O2. The number of rotatable bonds is 11. The van der Waals surface area contributed by atoms with Crippen molar-refractivity contribution in [3.05, 3.63) is 105 Å². The van der Waals surface area contributed by atoms with E-state index in [1.165, 1.54) is 42.5 Å². The molecule has 47 heavy (non-hydrogen) atoms. The van der Waals surface area contributed by atoms with Crippen LogP contribution in [0.2, 0.25) is 0 Å². The van der Waals surface area contributed by atoms with Crippen molar-refractivity contribution >= 4 is 23.2 Å². The Morgan fingerprint density at radius 3 is 2.40 bits per heavy atom. The smallest absolute Gasteiger partial charge is 0.383 e. The fourth-order valence-electron chi connectivity index (χ4n) is 5.89. The van der Waals surface area contributed by atoms with Crippen LogP contribution in [0.25, 0.3) is 0 Å². The van der Waals surface area contributed by atoms with Crippen molar-refractivity contribution < 1.29 is 22.8 Å². The van der Waals surface area contributed by atoms with Crippen LogP contribution in [-0.4, -0.2) is 42.9 Å². The minimum Gasteiger partial charge on any atom is -0.383 e. The molecule has 1 aliphatic carbocycles. The molecule has 0 saturated carbocycles. The van der Waals surface area contributed by atoms with Crippen LogP contribution in [0, 0.1) is 12.8 Å². The number of nitrogens with one attached hydrogen (secondary N) is 3. The first-order valence-electron chi connectivity index (χ1n) is 16.6. The summed E-state index contributed by atoms with van der Waals surface area (Å²) in [7, 11) is 0. The van der Waals surface area contributed by atoms with Crippen LogP contribution in [0.3, 0.4) is 0 Å². The molecule has 1 saturated heterocycles. The Morgan fingerprint density at radius 2 is 1.72 bits per heavy atom. The lowest BCUT2D eigenvalue weighted by Crippen LogP contribution is -2.36. The second-order valence-corrected chi connectivity index (χ2v) is 12.6. The normalized spacial score (nSPS) is 16.4. The second-order valence-electron chi connectivity index (χ2n) is 12.6. The predicted molar refractivity (Wildman–Crippen MR) is 184 cm³/mol. The number of amides is 2. The van der Waals surface area contributed by atoms with E-state index in [-0.39, 0.29) is 11.5 Å². The van der Waals surface area contributed by atoms with Crippen LogP contribution < -0.4 is 16.0 Å². The Kier molecular flexibility index (Phi) is 12.3. The van der Waals surface area contributed by atoms with E-state index in [0.717, 1.165) is 55.0 Å². The molecule has 9 heteroatoms. The number of anilines is 2. The Hall–Kier alpha value is -4.11. The van der Waals surface area contributed by atoms with Crippen molar-refractivity contribution in [3.63, 3.8) is 0 Å². The molecule has 1 heterocycles. The molecule has 3 N–H and O–H groups in total. The number of halogens is 3. The Morgan fingerprint density at radius 1 is 0.979 bits per heavy atom. The van der Waals surface area contributed by atoms with Crippen molar-refractivity contribution in [1.29, 1.82) is 0 Å². The van der Waals surface area contributed by atoms with Gasteiger partial charge < -0.3 is 20.9 Å². The van der Waals surface area contributed by atoms with Crippen LogP contribution in [0.15, 0.2) is 88.7 Å². The van der Waals surface area contributed by atoms with Gasteiger partial charge >= 0.3 is 6.18 Å². The van der Waals surface area contributed by atoms with Gasteiger partial charge in [0.2, 0.25) is 0 Å². The summed E-state index contributed by atoms with van der Waals surface area (Å²) in [5, 5.41) is 9.38. The number of benzene rings is 2. The van der Waals surface area contributed by atoms with E-state index in [0.29, 0.717) is 35.8 Å². The molecule has 2 aromatic carbocycles. The molecule has 0 aromatic heterocycles. The Labute approximate surface area is 276 Å². The van der Waals surface area contributed by atoms with Gasteiger partial charge in [-0.15, -0.1) is 0 Å². The Balaban J connectivity index is 1.61. The molecule has 0 unspecified atom stereocenters. The van der Waals surface area contributed by atoms with E-state index in [1.54, 1.807) is 18.2 Å². The highest BCUT2D eigenvalue weighted by Crippen LogP contribution is 2.33. The third-order valence-corrected chi connectivity index (χ3v) is 8.72. The molecule has 4 rings (SSSR count). The standard InChI is InChI=1S/C38H47F3N4O2/c1-6-28-15-18-33(35(32(27(28)5)17-13-25(2)3)42-19-22-45-20-8-7-9-21-45)37(47)44-34-24-31(16-14-26(34)4)43-36(46)29-11-10-12-30(23-29)38(39,40)41/h10-14,16-18,23-25,42H,6-9,15,19-22H2,1-5H3,(H,43,46)(H,44,47)/b17-13-. The molecule has 2 aromatic rings. The number of hydrogen-bond acceptors (Lipinski definition) is 4. The molecule has 6 nitrogen and oxygen atoms in total. The summed E-state index contributed by atoms with van der Waals surface area (Å²) in [6.07, 6.45) is 6.91. The first kappa shape index (κ1) is 35.7. The molecule has 0 atom stereocenters. The quantitative estimate of drug-likeness (QED) is 0.228. The number of nitrogens with zero attached hydrogens (tertiary/aromatic N) is 1. The summed E-state index contributed by atoms with van der Waals surface area (Å²) in [4.78, 5) is 29.5. The molecular weight excluding hydrogens is 601 g/mol. The summed E-state index contributed by atoms with van der Waals surface area (Å²) in [6.45, 7) is 14.1. The van der Waals surface area contributed by atoms with Gasteiger partial charge in [0.25, 0.3) is 11.8 Å². The van der Waals surface area contributed by atoms with Crippen LogP contribution >= 0.6 is 0 Å². The van der Waals surface area contributed by atoms with E-state index in [1.807, 2.05) is 13.0 Å². The van der Waals surface area contributed by atoms with Gasteiger partial charge in [-0.05, 0) is 100 Å². The fourth-order valence-corrected chi connectivity index (χ4v) is 5.89. The lowest BCUT2D eigenvalue weighted by Gasteiger charge is -2.27. The molecule has 2 aliphatic rings. The van der Waals surface area contributed by atoms with E-state index in [4.69, 9.17) is 0 Å². The SMILES string of the molecule is CCC1=C(C)C(/C=C\C(C)C)=C(NCCN2CCCCC2)C(C(=O)Nc2cc(NC(=O)c3cccc(C(F)(F)F)c3)ccc2C)=CC1. The summed E-state index contributed by atoms with van der Waals surface area (Å²) in [5.41, 5.74) is 5.39. The van der Waals surface area contributed by atoms with Crippen molar-refractivity contribution in [2.45, 2.75) is 72.9 Å². The maximum atomic E-state index is 14.1. The van der Waals surface area contributed by atoms with Gasteiger partial charge in [-0.3, -0.25) is 9.59 Å². The maximum Gasteiger partial charge on any atom is 0.416 e. The lowest BCUT2D eigenvalue weighted by atomic mass is 9.96. The average molecular weight is 649 g/mol. The van der Waals surface area contributed by atoms with Crippen LogP contribution in [-0.2, 0) is 11.0 Å². The van der Waals surface area contributed by atoms with E-state index in [9.17, 15) is 22.8 Å². The minimum atomic E-state index is -4.56. The first-order valence-corrected chi connectivity index (χ1v) is 16.6. The number of hydrogen-bond donors (Lipinski definition) is 3. The molecule has 0 spiro atoms. The van der Waals surface area contributed by atoms with E-state index < -0.39 is 17.6 Å². The summed E-state index contributed by atoms with van der Waals surface area (Å²) in [5.74, 6) is -0.631. The van der Waals surface area contributed by atoms with Gasteiger partial charge in [0.05, 0.1) is 16.8 Å². The van der Waals surface area contributed by atoms with Gasteiger partial charge in [-0.2, -0.15) is 13.2 Å². The second kappa shape index (κ2) is 16.1. The summed E-state index contributed by atoms with van der Waals surface area (Å²) >= 11 is 0. The highest BCUT2D eigenvalue weighted by Gasteiger charge is 2.31. The first-order chi connectivity index (χ1) is 22.4. The molecule has 2 amide bonds. The zero-order valence-corrected chi connectivity index (χ0v) is 28.1. The highest BCUT2D eigenvalue weighted by atomic mass is 19.4. The Bertz CT molecular complexity index is 1580. The van der Waals surface area contributed by atoms with Gasteiger partial charge in [0, 0.05) is 35.6 Å². The van der Waals surface area contributed by atoms with E-state index in [2.05, 4.69) is 60.7 Å². The molecule has 1 fully saturated rings. The van der Waals surface area contributed by atoms with Crippen molar-refractivity contribution in [3.8, 4) is 0 Å². The number of piperidine rings is 1. The van der Waals surface area contributed by atoms with Crippen molar-refractivity contribution in [2.24, 2.45) is 5.92 Å². The topological polar surface area (TPSA) is 73.5 Å². The molecule has 1 aliphatic heterocycles. The lowest BCUT2D eigenvalue weighted by molar-refractivity contribution is -0.137. The minimum absolute atomic E-state index is 0.114. The van der Waals surface area contributed by atoms with Crippen LogP contribution in [0.5, 0.6) is 0 Å². The number of alkyl halides is 3.